The number of rotatable bonds is 11. The summed E-state index contributed by atoms with van der Waals surface area (Å²) in [5.74, 6) is -0.350. The van der Waals surface area contributed by atoms with Gasteiger partial charge >= 0.3 is 0 Å². The Morgan fingerprint density at radius 1 is 0.933 bits per heavy atom. The summed E-state index contributed by atoms with van der Waals surface area (Å²) in [5.41, 5.74) is 4.00. The van der Waals surface area contributed by atoms with Crippen LogP contribution in [0.1, 0.15) is 53.2 Å². The van der Waals surface area contributed by atoms with Crippen molar-refractivity contribution >= 4 is 16.8 Å². The van der Waals surface area contributed by atoms with Crippen molar-refractivity contribution in [2.45, 2.75) is 45.6 Å². The van der Waals surface area contributed by atoms with E-state index < -0.39 is 6.23 Å². The summed E-state index contributed by atoms with van der Waals surface area (Å²) in [6, 6.07) is 29.8. The lowest BCUT2D eigenvalue weighted by Gasteiger charge is -2.35. The van der Waals surface area contributed by atoms with E-state index >= 15 is 0 Å². The second-order valence-electron chi connectivity index (χ2n) is 11.2. The topological polar surface area (TPSA) is 83.2 Å². The zero-order valence-corrected chi connectivity index (χ0v) is 25.2. The highest BCUT2D eigenvalue weighted by molar-refractivity contribution is 6.01. The largest absolute Gasteiger partial charge is 0.489 e. The Morgan fingerprint density at radius 3 is 2.24 bits per heavy atom. The van der Waals surface area contributed by atoms with Crippen molar-refractivity contribution in [3.63, 3.8) is 0 Å². The predicted molar refractivity (Wildman–Crippen MR) is 170 cm³/mol. The second-order valence-corrected chi connectivity index (χ2v) is 11.2. The fraction of sp³-hybridized carbons (Fsp3) is 0.250. The van der Waals surface area contributed by atoms with Gasteiger partial charge in [0.1, 0.15) is 11.3 Å². The summed E-state index contributed by atoms with van der Waals surface area (Å²) in [4.78, 5) is 20.5. The van der Waals surface area contributed by atoms with Gasteiger partial charge in [-0.25, -0.2) is 4.39 Å². The summed E-state index contributed by atoms with van der Waals surface area (Å²) in [6.07, 6.45) is 2.25. The van der Waals surface area contributed by atoms with Gasteiger partial charge in [0.25, 0.3) is 5.91 Å². The standard InChI is InChI=1S/C36H36FN5O3/c1-2-3-21-45-34-32-30(15-10-20-38-32)35(39-41(23-26-11-6-4-7-12-26)24-27-13-8-5-9-14-27)42-31(43)25-40(36(44)33(34)42)22-28-16-18-29(37)19-17-28/h4-20,31,43H,2-3,21-25H2,1H3/b39-35-. The lowest BCUT2D eigenvalue weighted by Crippen LogP contribution is -2.48. The number of β-amino-alcohol motifs (C(OH)–C–C–N with tert-alkyl or cyclic N) is 1. The number of aliphatic hydroxyl groups is 1. The molecule has 1 amide bonds. The molecular weight excluding hydrogens is 569 g/mol. The Labute approximate surface area is 261 Å². The third kappa shape index (κ3) is 6.73. The Hall–Kier alpha value is -5.02. The third-order valence-electron chi connectivity index (χ3n) is 7.80. The SMILES string of the molecule is CCCCOc1c2n(/c(=N\N(Cc3ccccc3)Cc3ccccc3)c3cccnc13)C(O)CN(Cc1ccc(F)cc1)C2=O. The van der Waals surface area contributed by atoms with Crippen LogP contribution in [0.3, 0.4) is 0 Å². The van der Waals surface area contributed by atoms with Gasteiger partial charge in [-0.2, -0.15) is 5.10 Å². The molecule has 0 spiro atoms. The first-order valence-electron chi connectivity index (χ1n) is 15.3. The number of aliphatic hydroxyl groups excluding tert-OH is 1. The van der Waals surface area contributed by atoms with E-state index in [0.29, 0.717) is 41.8 Å². The highest BCUT2D eigenvalue weighted by atomic mass is 19.1. The first-order chi connectivity index (χ1) is 22.0. The molecule has 1 atom stereocenters. The lowest BCUT2D eigenvalue weighted by atomic mass is 10.1. The number of carbonyl (C=O) groups excluding carboxylic acids is 1. The molecule has 230 valence electrons. The third-order valence-corrected chi connectivity index (χ3v) is 7.80. The van der Waals surface area contributed by atoms with Crippen LogP contribution in [-0.4, -0.2) is 43.6 Å². The molecule has 3 aromatic carbocycles. The number of aromatic nitrogens is 2. The molecule has 0 saturated heterocycles. The van der Waals surface area contributed by atoms with Crippen LogP contribution in [0.4, 0.5) is 4.39 Å². The molecule has 1 unspecified atom stereocenters. The minimum absolute atomic E-state index is 0.0218. The van der Waals surface area contributed by atoms with Crippen molar-refractivity contribution < 1.29 is 19.0 Å². The zero-order chi connectivity index (χ0) is 31.2. The quantitative estimate of drug-likeness (QED) is 0.147. The molecule has 0 aliphatic carbocycles. The minimum Gasteiger partial charge on any atom is -0.489 e. The van der Waals surface area contributed by atoms with Crippen molar-refractivity contribution in [1.29, 1.82) is 0 Å². The number of carbonyl (C=O) groups is 1. The van der Waals surface area contributed by atoms with Gasteiger partial charge in [-0.3, -0.25) is 19.4 Å². The first-order valence-corrected chi connectivity index (χ1v) is 15.3. The van der Waals surface area contributed by atoms with Gasteiger partial charge in [0.05, 0.1) is 26.2 Å². The van der Waals surface area contributed by atoms with Gasteiger partial charge in [0.2, 0.25) is 0 Å². The van der Waals surface area contributed by atoms with Crippen LogP contribution in [0, 0.1) is 5.82 Å². The number of hydrogen-bond acceptors (Lipinski definition) is 6. The van der Waals surface area contributed by atoms with Crippen molar-refractivity contribution in [3.8, 4) is 5.75 Å². The smallest absolute Gasteiger partial charge is 0.275 e. The molecule has 2 aromatic heterocycles. The van der Waals surface area contributed by atoms with Gasteiger partial charge in [-0.15, -0.1) is 0 Å². The van der Waals surface area contributed by atoms with E-state index in [2.05, 4.69) is 11.9 Å². The molecule has 1 N–H and O–H groups in total. The van der Waals surface area contributed by atoms with E-state index in [9.17, 15) is 14.3 Å². The molecule has 3 heterocycles. The summed E-state index contributed by atoms with van der Waals surface area (Å²) >= 11 is 0. The van der Waals surface area contributed by atoms with Crippen molar-refractivity contribution in [2.75, 3.05) is 13.2 Å². The van der Waals surface area contributed by atoms with Crippen LogP contribution >= 0.6 is 0 Å². The number of unbranched alkanes of at least 4 members (excludes halogenated alkanes) is 1. The molecule has 0 bridgehead atoms. The minimum atomic E-state index is -1.12. The van der Waals surface area contributed by atoms with E-state index in [0.717, 1.165) is 29.5 Å². The van der Waals surface area contributed by atoms with Crippen LogP contribution in [0.15, 0.2) is 108 Å². The van der Waals surface area contributed by atoms with Crippen molar-refractivity contribution in [2.24, 2.45) is 5.10 Å². The maximum atomic E-state index is 14.3. The molecule has 1 aliphatic heterocycles. The summed E-state index contributed by atoms with van der Waals surface area (Å²) in [5, 5.41) is 19.5. The average molecular weight is 606 g/mol. The van der Waals surface area contributed by atoms with Gasteiger partial charge in [-0.05, 0) is 47.4 Å². The normalized spacial score (nSPS) is 14.9. The Morgan fingerprint density at radius 2 is 1.60 bits per heavy atom. The zero-order valence-electron chi connectivity index (χ0n) is 25.2. The van der Waals surface area contributed by atoms with E-state index in [4.69, 9.17) is 9.84 Å². The molecule has 45 heavy (non-hydrogen) atoms. The van der Waals surface area contributed by atoms with Crippen LogP contribution in [0.25, 0.3) is 10.9 Å². The molecule has 0 radical (unpaired) electrons. The van der Waals surface area contributed by atoms with Gasteiger partial charge in [-0.1, -0.05) is 86.1 Å². The Kier molecular flexibility index (Phi) is 9.17. The van der Waals surface area contributed by atoms with E-state index in [1.165, 1.54) is 12.1 Å². The summed E-state index contributed by atoms with van der Waals surface area (Å²) in [6.45, 7) is 3.68. The molecule has 9 heteroatoms. The molecule has 1 aliphatic rings. The maximum absolute atomic E-state index is 14.3. The Balaban J connectivity index is 1.53. The van der Waals surface area contributed by atoms with Crippen LogP contribution in [0.5, 0.6) is 5.75 Å². The van der Waals surface area contributed by atoms with Gasteiger partial charge in [0.15, 0.2) is 23.2 Å². The Bertz CT molecular complexity index is 1790. The fourth-order valence-corrected chi connectivity index (χ4v) is 5.58. The number of amides is 1. The van der Waals surface area contributed by atoms with Gasteiger partial charge < -0.3 is 14.7 Å². The van der Waals surface area contributed by atoms with E-state index in [1.54, 1.807) is 27.8 Å². The number of hydrogen-bond donors (Lipinski definition) is 1. The first kappa shape index (κ1) is 30.0. The molecule has 6 rings (SSSR count). The number of pyridine rings is 2. The van der Waals surface area contributed by atoms with Crippen LogP contribution in [0.2, 0.25) is 0 Å². The van der Waals surface area contributed by atoms with Crippen LogP contribution in [-0.2, 0) is 19.6 Å². The highest BCUT2D eigenvalue weighted by Crippen LogP contribution is 2.33. The number of halogens is 1. The van der Waals surface area contributed by atoms with Gasteiger partial charge in [0, 0.05) is 18.1 Å². The summed E-state index contributed by atoms with van der Waals surface area (Å²) in [7, 11) is 0. The number of fused-ring (bicyclic) bond motifs is 2. The number of benzene rings is 3. The van der Waals surface area contributed by atoms with E-state index in [-0.39, 0.29) is 30.5 Å². The lowest BCUT2D eigenvalue weighted by molar-refractivity contribution is 0.0195. The second kappa shape index (κ2) is 13.7. The number of ether oxygens (including phenoxy) is 1. The number of nitrogens with zero attached hydrogens (tertiary/aromatic N) is 5. The van der Waals surface area contributed by atoms with Crippen molar-refractivity contribution in [3.05, 3.63) is 137 Å². The highest BCUT2D eigenvalue weighted by Gasteiger charge is 2.36. The molecular formula is C36H36FN5O3. The maximum Gasteiger partial charge on any atom is 0.275 e. The van der Waals surface area contributed by atoms with Crippen molar-refractivity contribution in [1.82, 2.24) is 19.5 Å². The molecule has 5 aromatic rings. The van der Waals surface area contributed by atoms with Crippen LogP contribution < -0.4 is 10.2 Å². The fourth-order valence-electron chi connectivity index (χ4n) is 5.58. The summed E-state index contributed by atoms with van der Waals surface area (Å²) < 4.78 is 21.5. The van der Waals surface area contributed by atoms with E-state index in [1.807, 2.05) is 77.8 Å². The molecule has 0 fully saturated rings. The average Bonchev–Trinajstić information content (AvgIpc) is 3.06. The monoisotopic (exact) mass is 605 g/mol. The predicted octanol–water partition coefficient (Wildman–Crippen LogP) is 6.02. The molecule has 0 saturated carbocycles. The molecule has 8 nitrogen and oxygen atoms in total.